The first kappa shape index (κ1) is 15.3. The summed E-state index contributed by atoms with van der Waals surface area (Å²) >= 11 is 0. The quantitative estimate of drug-likeness (QED) is 0.788. The third-order valence-corrected chi connectivity index (χ3v) is 3.68. The summed E-state index contributed by atoms with van der Waals surface area (Å²) in [6.07, 6.45) is 4.44. The number of hydrogen-bond donors (Lipinski definition) is 1. The lowest BCUT2D eigenvalue weighted by Crippen LogP contribution is -2.31. The predicted molar refractivity (Wildman–Crippen MR) is 82.0 cm³/mol. The molecule has 1 N–H and O–H groups in total. The maximum absolute atomic E-state index is 5.56. The minimum absolute atomic E-state index is 0.657. The molecule has 2 heterocycles. The van der Waals surface area contributed by atoms with Crippen molar-refractivity contribution >= 4 is 6.01 Å². The van der Waals surface area contributed by atoms with Crippen LogP contribution in [0.3, 0.4) is 0 Å². The van der Waals surface area contributed by atoms with Crippen LogP contribution in [-0.2, 0) is 6.54 Å². The Morgan fingerprint density at radius 2 is 2.15 bits per heavy atom. The van der Waals surface area contributed by atoms with Crippen LogP contribution < -0.4 is 10.2 Å². The molecule has 0 atom stereocenters. The molecule has 1 fully saturated rings. The molecular formula is C15H28N4O. The number of rotatable bonds is 8. The monoisotopic (exact) mass is 280 g/mol. The first-order valence-corrected chi connectivity index (χ1v) is 7.74. The van der Waals surface area contributed by atoms with E-state index in [2.05, 4.69) is 33.9 Å². The Bertz CT molecular complexity index is 385. The summed E-state index contributed by atoms with van der Waals surface area (Å²) in [6.45, 7) is 10.7. The minimum Gasteiger partial charge on any atom is -0.432 e. The Balaban J connectivity index is 1.72. The summed E-state index contributed by atoms with van der Waals surface area (Å²) < 4.78 is 5.56. The molecule has 0 unspecified atom stereocenters. The molecule has 1 saturated heterocycles. The highest BCUT2D eigenvalue weighted by Crippen LogP contribution is 2.13. The van der Waals surface area contributed by atoms with Crippen LogP contribution in [0.1, 0.15) is 32.4 Å². The first-order chi connectivity index (χ1) is 9.65. The largest absolute Gasteiger partial charge is 0.432 e. The number of likely N-dealkylation sites (tertiary alicyclic amines) is 1. The third kappa shape index (κ3) is 4.80. The van der Waals surface area contributed by atoms with Gasteiger partial charge < -0.3 is 19.5 Å². The van der Waals surface area contributed by atoms with E-state index in [0.29, 0.717) is 5.92 Å². The van der Waals surface area contributed by atoms with Crippen molar-refractivity contribution in [2.45, 2.75) is 33.2 Å². The van der Waals surface area contributed by atoms with Crippen molar-refractivity contribution in [3.05, 3.63) is 12.0 Å². The summed E-state index contributed by atoms with van der Waals surface area (Å²) in [5, 5.41) is 3.38. The maximum Gasteiger partial charge on any atom is 0.297 e. The van der Waals surface area contributed by atoms with E-state index in [1.165, 1.54) is 25.9 Å². The van der Waals surface area contributed by atoms with Gasteiger partial charge in [0, 0.05) is 26.7 Å². The second-order valence-electron chi connectivity index (χ2n) is 6.12. The topological polar surface area (TPSA) is 44.5 Å². The van der Waals surface area contributed by atoms with Crippen molar-refractivity contribution in [2.24, 2.45) is 5.92 Å². The summed E-state index contributed by atoms with van der Waals surface area (Å²) in [5.74, 6) is 0.657. The number of aromatic nitrogens is 1. The molecule has 1 aliphatic heterocycles. The predicted octanol–water partition coefficient (Wildman–Crippen LogP) is 1.95. The minimum atomic E-state index is 0.657. The van der Waals surface area contributed by atoms with Crippen molar-refractivity contribution in [3.63, 3.8) is 0 Å². The van der Waals surface area contributed by atoms with Gasteiger partial charge in [-0.1, -0.05) is 13.8 Å². The highest BCUT2D eigenvalue weighted by Gasteiger charge is 2.14. The number of nitrogens with zero attached hydrogens (tertiary/aromatic N) is 3. The van der Waals surface area contributed by atoms with E-state index < -0.39 is 0 Å². The lowest BCUT2D eigenvalue weighted by atomic mass is 10.2. The van der Waals surface area contributed by atoms with E-state index in [1.807, 2.05) is 7.05 Å². The molecule has 0 saturated carbocycles. The second-order valence-corrected chi connectivity index (χ2v) is 6.12. The van der Waals surface area contributed by atoms with Gasteiger partial charge in [-0.3, -0.25) is 0 Å². The zero-order valence-corrected chi connectivity index (χ0v) is 13.1. The molecule has 5 nitrogen and oxygen atoms in total. The normalized spacial score (nSPS) is 16.2. The van der Waals surface area contributed by atoms with Gasteiger partial charge in [-0.05, 0) is 38.4 Å². The van der Waals surface area contributed by atoms with Crippen LogP contribution >= 0.6 is 0 Å². The summed E-state index contributed by atoms with van der Waals surface area (Å²) in [6, 6.07) is 0.727. The molecule has 0 spiro atoms. The van der Waals surface area contributed by atoms with E-state index in [1.54, 1.807) is 6.26 Å². The Labute approximate surface area is 122 Å². The Morgan fingerprint density at radius 3 is 2.85 bits per heavy atom. The van der Waals surface area contributed by atoms with Gasteiger partial charge in [-0.25, -0.2) is 0 Å². The number of nitrogens with one attached hydrogen (secondary N) is 1. The maximum atomic E-state index is 5.56. The second kappa shape index (κ2) is 7.64. The number of anilines is 1. The fraction of sp³-hybridized carbons (Fsp3) is 0.800. The molecule has 5 heteroatoms. The number of hydrogen-bond acceptors (Lipinski definition) is 5. The van der Waals surface area contributed by atoms with Crippen LogP contribution in [0.4, 0.5) is 6.01 Å². The summed E-state index contributed by atoms with van der Waals surface area (Å²) in [7, 11) is 2.05. The molecule has 114 valence electrons. The molecule has 0 amide bonds. The smallest absolute Gasteiger partial charge is 0.297 e. The zero-order chi connectivity index (χ0) is 14.4. The molecule has 0 aliphatic carbocycles. The third-order valence-electron chi connectivity index (χ3n) is 3.68. The van der Waals surface area contributed by atoms with Gasteiger partial charge in [0.1, 0.15) is 6.26 Å². The summed E-state index contributed by atoms with van der Waals surface area (Å²) in [4.78, 5) is 9.14. The highest BCUT2D eigenvalue weighted by atomic mass is 16.4. The van der Waals surface area contributed by atoms with Gasteiger partial charge in [0.15, 0.2) is 0 Å². The van der Waals surface area contributed by atoms with E-state index >= 15 is 0 Å². The zero-order valence-electron chi connectivity index (χ0n) is 13.1. The Hall–Kier alpha value is -1.07. The molecule has 20 heavy (non-hydrogen) atoms. The van der Waals surface area contributed by atoms with Crippen molar-refractivity contribution in [1.29, 1.82) is 0 Å². The van der Waals surface area contributed by atoms with E-state index in [4.69, 9.17) is 4.42 Å². The van der Waals surface area contributed by atoms with E-state index in [9.17, 15) is 0 Å². The average Bonchev–Trinajstić information content (AvgIpc) is 3.06. The van der Waals surface area contributed by atoms with Gasteiger partial charge in [0.2, 0.25) is 0 Å². The van der Waals surface area contributed by atoms with Crippen molar-refractivity contribution in [3.8, 4) is 0 Å². The molecule has 0 aromatic carbocycles. The fourth-order valence-corrected chi connectivity index (χ4v) is 2.44. The Morgan fingerprint density at radius 1 is 1.40 bits per heavy atom. The first-order valence-electron chi connectivity index (χ1n) is 7.74. The fourth-order valence-electron chi connectivity index (χ4n) is 2.44. The molecule has 1 aromatic rings. The Kier molecular flexibility index (Phi) is 5.86. The van der Waals surface area contributed by atoms with Crippen LogP contribution in [0.15, 0.2) is 10.7 Å². The van der Waals surface area contributed by atoms with Crippen molar-refractivity contribution in [2.75, 3.05) is 44.7 Å². The van der Waals surface area contributed by atoms with Crippen molar-refractivity contribution < 1.29 is 4.42 Å². The van der Waals surface area contributed by atoms with Crippen molar-refractivity contribution in [1.82, 2.24) is 15.2 Å². The lowest BCUT2D eigenvalue weighted by molar-refractivity contribution is 0.344. The standard InChI is InChI=1S/C15H28N4O/c1-13(2)10-16-11-14-12-20-15(17-14)18(3)8-9-19-6-4-5-7-19/h12-13,16H,4-11H2,1-3H3. The molecule has 1 aliphatic rings. The lowest BCUT2D eigenvalue weighted by Gasteiger charge is -2.19. The van der Waals surface area contributed by atoms with Crippen LogP contribution in [0, 0.1) is 5.92 Å². The van der Waals surface area contributed by atoms with Crippen LogP contribution in [0.2, 0.25) is 0 Å². The van der Waals surface area contributed by atoms with Gasteiger partial charge in [0.25, 0.3) is 6.01 Å². The number of oxazole rings is 1. The van der Waals surface area contributed by atoms with Gasteiger partial charge in [-0.15, -0.1) is 0 Å². The molecule has 0 radical (unpaired) electrons. The van der Waals surface area contributed by atoms with Gasteiger partial charge >= 0.3 is 0 Å². The van der Waals surface area contributed by atoms with Gasteiger partial charge in [0.05, 0.1) is 5.69 Å². The highest BCUT2D eigenvalue weighted by molar-refractivity contribution is 5.25. The van der Waals surface area contributed by atoms with Crippen LogP contribution in [0.5, 0.6) is 0 Å². The molecule has 2 rings (SSSR count). The van der Waals surface area contributed by atoms with Gasteiger partial charge in [-0.2, -0.15) is 4.98 Å². The molecule has 1 aromatic heterocycles. The van der Waals surface area contributed by atoms with E-state index in [0.717, 1.165) is 37.9 Å². The molecule has 0 bridgehead atoms. The average molecular weight is 280 g/mol. The van der Waals surface area contributed by atoms with Crippen LogP contribution in [-0.4, -0.2) is 49.7 Å². The van der Waals surface area contributed by atoms with E-state index in [-0.39, 0.29) is 0 Å². The van der Waals surface area contributed by atoms with Crippen LogP contribution in [0.25, 0.3) is 0 Å². The molecular weight excluding hydrogens is 252 g/mol. The SMILES string of the molecule is CC(C)CNCc1coc(N(C)CCN2CCCC2)n1. The summed E-state index contributed by atoms with van der Waals surface area (Å²) in [5.41, 5.74) is 0.980. The number of likely N-dealkylation sites (N-methyl/N-ethyl adjacent to an activating group) is 1.